The summed E-state index contributed by atoms with van der Waals surface area (Å²) in [6.07, 6.45) is 2.77. The van der Waals surface area contributed by atoms with Crippen molar-refractivity contribution in [1.82, 2.24) is 5.32 Å². The van der Waals surface area contributed by atoms with Crippen LogP contribution in [0.15, 0.2) is 18.2 Å². The fourth-order valence-electron chi connectivity index (χ4n) is 3.03. The number of anilines is 1. The SMILES string of the molecule is Cc1cccc(C)c1NCC(=O)NC1CCC(C(=O)O)CC1. The highest BCUT2D eigenvalue weighted by molar-refractivity contribution is 5.81. The van der Waals surface area contributed by atoms with Gasteiger partial charge in [-0.1, -0.05) is 18.2 Å². The van der Waals surface area contributed by atoms with E-state index < -0.39 is 5.97 Å². The number of carboxylic acids is 1. The molecule has 5 heteroatoms. The fourth-order valence-corrected chi connectivity index (χ4v) is 3.03. The van der Waals surface area contributed by atoms with Crippen molar-refractivity contribution in [3.8, 4) is 0 Å². The first-order chi connectivity index (χ1) is 10.5. The van der Waals surface area contributed by atoms with Crippen LogP contribution in [-0.2, 0) is 9.59 Å². The number of rotatable bonds is 5. The molecule has 1 aliphatic carbocycles. The Hall–Kier alpha value is -2.04. The molecule has 1 fully saturated rings. The molecule has 2 rings (SSSR count). The highest BCUT2D eigenvalue weighted by Crippen LogP contribution is 2.24. The summed E-state index contributed by atoms with van der Waals surface area (Å²) in [6, 6.07) is 6.13. The van der Waals surface area contributed by atoms with Gasteiger partial charge in [0.25, 0.3) is 0 Å². The Kier molecular flexibility index (Phi) is 5.41. The smallest absolute Gasteiger partial charge is 0.306 e. The van der Waals surface area contributed by atoms with E-state index in [4.69, 9.17) is 5.11 Å². The molecule has 0 atom stereocenters. The van der Waals surface area contributed by atoms with Crippen LogP contribution in [0.1, 0.15) is 36.8 Å². The Balaban J connectivity index is 1.78. The molecule has 5 nitrogen and oxygen atoms in total. The van der Waals surface area contributed by atoms with E-state index in [1.807, 2.05) is 32.0 Å². The maximum absolute atomic E-state index is 12.0. The van der Waals surface area contributed by atoms with E-state index in [-0.39, 0.29) is 24.4 Å². The average Bonchev–Trinajstić information content (AvgIpc) is 2.47. The van der Waals surface area contributed by atoms with Crippen LogP contribution in [0, 0.1) is 19.8 Å². The number of amides is 1. The number of hydrogen-bond donors (Lipinski definition) is 3. The van der Waals surface area contributed by atoms with Gasteiger partial charge in [0.15, 0.2) is 0 Å². The van der Waals surface area contributed by atoms with E-state index in [0.29, 0.717) is 12.8 Å². The van der Waals surface area contributed by atoms with Crippen LogP contribution in [0.2, 0.25) is 0 Å². The second-order valence-electron chi connectivity index (χ2n) is 6.07. The van der Waals surface area contributed by atoms with E-state index >= 15 is 0 Å². The van der Waals surface area contributed by atoms with Crippen molar-refractivity contribution < 1.29 is 14.7 Å². The van der Waals surface area contributed by atoms with Crippen LogP contribution in [0.25, 0.3) is 0 Å². The zero-order chi connectivity index (χ0) is 16.1. The molecule has 22 heavy (non-hydrogen) atoms. The molecular formula is C17H24N2O3. The first-order valence-corrected chi connectivity index (χ1v) is 7.79. The summed E-state index contributed by atoms with van der Waals surface area (Å²) in [4.78, 5) is 22.9. The summed E-state index contributed by atoms with van der Waals surface area (Å²) < 4.78 is 0. The minimum atomic E-state index is -0.721. The topological polar surface area (TPSA) is 78.4 Å². The number of carbonyl (C=O) groups is 2. The van der Waals surface area contributed by atoms with E-state index in [1.54, 1.807) is 0 Å². The molecule has 0 radical (unpaired) electrons. The normalized spacial score (nSPS) is 21.2. The Bertz CT molecular complexity index is 529. The monoisotopic (exact) mass is 304 g/mol. The van der Waals surface area contributed by atoms with E-state index in [0.717, 1.165) is 29.7 Å². The molecular weight excluding hydrogens is 280 g/mol. The van der Waals surface area contributed by atoms with Gasteiger partial charge in [0.1, 0.15) is 0 Å². The van der Waals surface area contributed by atoms with Crippen molar-refractivity contribution >= 4 is 17.6 Å². The summed E-state index contributed by atoms with van der Waals surface area (Å²) in [5.74, 6) is -1.01. The molecule has 0 aliphatic heterocycles. The zero-order valence-electron chi connectivity index (χ0n) is 13.2. The Morgan fingerprint density at radius 1 is 1.14 bits per heavy atom. The third-order valence-electron chi connectivity index (χ3n) is 4.35. The third-order valence-corrected chi connectivity index (χ3v) is 4.35. The van der Waals surface area contributed by atoms with Gasteiger partial charge in [-0.25, -0.2) is 0 Å². The number of nitrogens with one attached hydrogen (secondary N) is 2. The van der Waals surface area contributed by atoms with Gasteiger partial charge in [0.2, 0.25) is 5.91 Å². The summed E-state index contributed by atoms with van der Waals surface area (Å²) in [6.45, 7) is 4.27. The first kappa shape index (κ1) is 16.3. The molecule has 0 heterocycles. The van der Waals surface area contributed by atoms with Gasteiger partial charge in [-0.05, 0) is 50.7 Å². The van der Waals surface area contributed by atoms with Crippen LogP contribution < -0.4 is 10.6 Å². The van der Waals surface area contributed by atoms with Gasteiger partial charge in [-0.2, -0.15) is 0 Å². The first-order valence-electron chi connectivity index (χ1n) is 7.79. The van der Waals surface area contributed by atoms with Crippen LogP contribution in [-0.4, -0.2) is 29.6 Å². The third kappa shape index (κ3) is 4.23. The molecule has 1 aromatic rings. The molecule has 1 amide bonds. The van der Waals surface area contributed by atoms with Gasteiger partial charge < -0.3 is 15.7 Å². The second kappa shape index (κ2) is 7.29. The van der Waals surface area contributed by atoms with Crippen LogP contribution in [0.4, 0.5) is 5.69 Å². The molecule has 1 aromatic carbocycles. The fraction of sp³-hybridized carbons (Fsp3) is 0.529. The Morgan fingerprint density at radius 3 is 2.27 bits per heavy atom. The lowest BCUT2D eigenvalue weighted by Gasteiger charge is -2.27. The van der Waals surface area contributed by atoms with Gasteiger partial charge in [-0.3, -0.25) is 9.59 Å². The summed E-state index contributed by atoms with van der Waals surface area (Å²) in [5, 5.41) is 15.2. The molecule has 0 spiro atoms. The molecule has 0 bridgehead atoms. The molecule has 0 saturated heterocycles. The molecule has 3 N–H and O–H groups in total. The number of carbonyl (C=O) groups excluding carboxylic acids is 1. The largest absolute Gasteiger partial charge is 0.481 e. The number of benzene rings is 1. The number of aryl methyl sites for hydroxylation is 2. The van der Waals surface area contributed by atoms with E-state index in [2.05, 4.69) is 10.6 Å². The number of hydrogen-bond acceptors (Lipinski definition) is 3. The van der Waals surface area contributed by atoms with Gasteiger partial charge >= 0.3 is 5.97 Å². The maximum Gasteiger partial charge on any atom is 0.306 e. The van der Waals surface area contributed by atoms with Crippen LogP contribution >= 0.6 is 0 Å². The van der Waals surface area contributed by atoms with Crippen molar-refractivity contribution in [2.75, 3.05) is 11.9 Å². The lowest BCUT2D eigenvalue weighted by Crippen LogP contribution is -2.41. The van der Waals surface area contributed by atoms with Crippen molar-refractivity contribution in [2.24, 2.45) is 5.92 Å². The van der Waals surface area contributed by atoms with Gasteiger partial charge in [-0.15, -0.1) is 0 Å². The van der Waals surface area contributed by atoms with Crippen molar-refractivity contribution in [3.63, 3.8) is 0 Å². The second-order valence-corrected chi connectivity index (χ2v) is 6.07. The van der Waals surface area contributed by atoms with Crippen molar-refractivity contribution in [2.45, 2.75) is 45.6 Å². The number of carboxylic acid groups (broad SMARTS) is 1. The highest BCUT2D eigenvalue weighted by atomic mass is 16.4. The lowest BCUT2D eigenvalue weighted by atomic mass is 9.86. The lowest BCUT2D eigenvalue weighted by molar-refractivity contribution is -0.142. The van der Waals surface area contributed by atoms with Gasteiger partial charge in [0.05, 0.1) is 12.5 Å². The minimum Gasteiger partial charge on any atom is -0.481 e. The standard InChI is InChI=1S/C17H24N2O3/c1-11-4-3-5-12(2)16(11)18-10-15(20)19-14-8-6-13(7-9-14)17(21)22/h3-5,13-14,18H,6-10H2,1-2H3,(H,19,20)(H,21,22). The Labute approximate surface area is 131 Å². The van der Waals surface area contributed by atoms with Crippen LogP contribution in [0.5, 0.6) is 0 Å². The van der Waals surface area contributed by atoms with Crippen molar-refractivity contribution in [1.29, 1.82) is 0 Å². The predicted molar refractivity (Wildman–Crippen MR) is 85.9 cm³/mol. The van der Waals surface area contributed by atoms with E-state index in [9.17, 15) is 9.59 Å². The molecule has 1 aliphatic rings. The van der Waals surface area contributed by atoms with Gasteiger partial charge in [0, 0.05) is 11.7 Å². The zero-order valence-corrected chi connectivity index (χ0v) is 13.2. The molecule has 0 aromatic heterocycles. The summed E-state index contributed by atoms with van der Waals surface area (Å²) in [5.41, 5.74) is 3.25. The maximum atomic E-state index is 12.0. The number of aliphatic carboxylic acids is 1. The van der Waals surface area contributed by atoms with Crippen molar-refractivity contribution in [3.05, 3.63) is 29.3 Å². The molecule has 1 saturated carbocycles. The Morgan fingerprint density at radius 2 is 1.73 bits per heavy atom. The summed E-state index contributed by atoms with van der Waals surface area (Å²) in [7, 11) is 0. The predicted octanol–water partition coefficient (Wildman–Crippen LogP) is 2.47. The minimum absolute atomic E-state index is 0.0403. The van der Waals surface area contributed by atoms with Crippen LogP contribution in [0.3, 0.4) is 0 Å². The molecule has 120 valence electrons. The summed E-state index contributed by atoms with van der Waals surface area (Å²) >= 11 is 0. The average molecular weight is 304 g/mol. The quantitative estimate of drug-likeness (QED) is 0.781. The highest BCUT2D eigenvalue weighted by Gasteiger charge is 2.26. The number of para-hydroxylation sites is 1. The molecule has 0 unspecified atom stereocenters. The van der Waals surface area contributed by atoms with E-state index in [1.165, 1.54) is 0 Å².